The molecule has 0 unspecified atom stereocenters. The van der Waals surface area contributed by atoms with Crippen molar-refractivity contribution < 1.29 is 15.1 Å². The second-order valence-electron chi connectivity index (χ2n) is 2.53. The van der Waals surface area contributed by atoms with Crippen LogP contribution in [0.4, 0.5) is 0 Å². The lowest BCUT2D eigenvalue weighted by atomic mass is 10.3. The molecule has 1 aromatic heterocycles. The monoisotopic (exact) mass is 219 g/mol. The first kappa shape index (κ1) is 14.3. The molecule has 4 nitrogen and oxygen atoms in total. The smallest absolute Gasteiger partial charge is 0.402 e. The van der Waals surface area contributed by atoms with Crippen molar-refractivity contribution in [1.29, 1.82) is 0 Å². The van der Waals surface area contributed by atoms with E-state index < -0.39 is 7.32 Å². The van der Waals surface area contributed by atoms with E-state index in [2.05, 4.69) is 4.98 Å². The molecular formula is C11H14BNO3. The van der Waals surface area contributed by atoms with Crippen LogP contribution >= 0.6 is 0 Å². The molecule has 0 amide bonds. The normalized spacial score (nSPS) is 7.69. The molecule has 1 heterocycles. The Morgan fingerprint density at radius 3 is 0.938 bits per heavy atom. The summed E-state index contributed by atoms with van der Waals surface area (Å²) in [4.78, 5) is 3.78. The Kier molecular flexibility index (Phi) is 10.2. The lowest BCUT2D eigenvalue weighted by Gasteiger charge is -1.70. The minimum atomic E-state index is -2.17. The molecule has 0 bridgehead atoms. The lowest BCUT2D eigenvalue weighted by molar-refractivity contribution is 0.278. The highest BCUT2D eigenvalue weighted by atomic mass is 16.5. The zero-order chi connectivity index (χ0) is 12.1. The van der Waals surface area contributed by atoms with Gasteiger partial charge in [0.05, 0.1) is 0 Å². The molecule has 0 atom stereocenters. The number of aromatic nitrogens is 1. The highest BCUT2D eigenvalue weighted by molar-refractivity contribution is 6.30. The van der Waals surface area contributed by atoms with E-state index in [1.54, 1.807) is 12.4 Å². The standard InChI is InChI=1S/C6H6.C5H5N.BH3O3/c2*1-2-4-6-5-3-1;2-1(3)4/h1-6H;1-5H;2-4H. The zero-order valence-corrected chi connectivity index (χ0v) is 8.72. The highest BCUT2D eigenvalue weighted by Gasteiger charge is 1.92. The summed E-state index contributed by atoms with van der Waals surface area (Å²) in [7, 11) is -2.17. The number of benzene rings is 1. The second kappa shape index (κ2) is 11.4. The Balaban J connectivity index is 0.000000217. The van der Waals surface area contributed by atoms with Gasteiger partial charge in [-0.15, -0.1) is 0 Å². The van der Waals surface area contributed by atoms with Gasteiger partial charge in [0.25, 0.3) is 0 Å². The minimum absolute atomic E-state index is 1.75. The number of hydrogen-bond donors (Lipinski definition) is 3. The van der Waals surface area contributed by atoms with Crippen molar-refractivity contribution in [2.75, 3.05) is 0 Å². The summed E-state index contributed by atoms with van der Waals surface area (Å²) in [5, 5.41) is 21.5. The van der Waals surface area contributed by atoms with Gasteiger partial charge in [0.15, 0.2) is 0 Å². The van der Waals surface area contributed by atoms with Crippen molar-refractivity contribution in [2.45, 2.75) is 0 Å². The molecule has 0 aliphatic heterocycles. The van der Waals surface area contributed by atoms with E-state index in [9.17, 15) is 0 Å². The van der Waals surface area contributed by atoms with Crippen LogP contribution in [0.15, 0.2) is 67.0 Å². The summed E-state index contributed by atoms with van der Waals surface area (Å²) >= 11 is 0. The molecule has 0 radical (unpaired) electrons. The fourth-order valence-corrected chi connectivity index (χ4v) is 0.698. The molecule has 5 heteroatoms. The third-order valence-electron chi connectivity index (χ3n) is 1.23. The molecule has 2 rings (SSSR count). The van der Waals surface area contributed by atoms with E-state index in [4.69, 9.17) is 15.1 Å². The summed E-state index contributed by atoms with van der Waals surface area (Å²) in [5.74, 6) is 0. The largest absolute Gasteiger partial charge is 0.631 e. The van der Waals surface area contributed by atoms with Crippen LogP contribution in [0.25, 0.3) is 0 Å². The molecule has 0 fully saturated rings. The highest BCUT2D eigenvalue weighted by Crippen LogP contribution is 1.79. The van der Waals surface area contributed by atoms with Crippen molar-refractivity contribution in [1.82, 2.24) is 4.98 Å². The molecular weight excluding hydrogens is 205 g/mol. The van der Waals surface area contributed by atoms with Gasteiger partial charge in [0.1, 0.15) is 0 Å². The van der Waals surface area contributed by atoms with Gasteiger partial charge < -0.3 is 15.1 Å². The molecule has 84 valence electrons. The summed E-state index contributed by atoms with van der Waals surface area (Å²) in [6, 6.07) is 17.7. The lowest BCUT2D eigenvalue weighted by Crippen LogP contribution is -2.07. The SMILES string of the molecule is OB(O)O.c1ccccc1.c1ccncc1. The van der Waals surface area contributed by atoms with Crippen molar-refractivity contribution in [3.8, 4) is 0 Å². The third kappa shape index (κ3) is 14.8. The summed E-state index contributed by atoms with van der Waals surface area (Å²) < 4.78 is 0. The molecule has 3 N–H and O–H groups in total. The Bertz CT molecular complexity index is 231. The van der Waals surface area contributed by atoms with E-state index in [1.165, 1.54) is 0 Å². The average Bonchev–Trinajstić information content (AvgIpc) is 2.34. The molecule has 2 aromatic rings. The minimum Gasteiger partial charge on any atom is -0.402 e. The van der Waals surface area contributed by atoms with Gasteiger partial charge in [-0.25, -0.2) is 0 Å². The van der Waals surface area contributed by atoms with Gasteiger partial charge in [-0.1, -0.05) is 42.5 Å². The Labute approximate surface area is 95.0 Å². The van der Waals surface area contributed by atoms with Crippen molar-refractivity contribution in [3.63, 3.8) is 0 Å². The molecule has 1 aromatic carbocycles. The number of nitrogens with zero attached hydrogens (tertiary/aromatic N) is 1. The summed E-state index contributed by atoms with van der Waals surface area (Å²) in [6.07, 6.45) is 3.50. The zero-order valence-electron chi connectivity index (χ0n) is 8.72. The molecule has 16 heavy (non-hydrogen) atoms. The fourth-order valence-electron chi connectivity index (χ4n) is 0.698. The van der Waals surface area contributed by atoms with Crippen LogP contribution in [0.5, 0.6) is 0 Å². The van der Waals surface area contributed by atoms with Crippen molar-refractivity contribution in [2.24, 2.45) is 0 Å². The van der Waals surface area contributed by atoms with E-state index in [1.807, 2.05) is 54.6 Å². The quantitative estimate of drug-likeness (QED) is 0.570. The van der Waals surface area contributed by atoms with Crippen LogP contribution in [-0.2, 0) is 0 Å². The Morgan fingerprint density at radius 1 is 0.562 bits per heavy atom. The van der Waals surface area contributed by atoms with E-state index >= 15 is 0 Å². The van der Waals surface area contributed by atoms with Gasteiger partial charge >= 0.3 is 7.32 Å². The molecule has 0 spiro atoms. The van der Waals surface area contributed by atoms with Crippen molar-refractivity contribution in [3.05, 3.63) is 67.0 Å². The molecule has 0 aliphatic rings. The molecule has 0 aliphatic carbocycles. The van der Waals surface area contributed by atoms with Crippen LogP contribution in [0.1, 0.15) is 0 Å². The van der Waals surface area contributed by atoms with Crippen LogP contribution in [-0.4, -0.2) is 27.4 Å². The number of rotatable bonds is 0. The van der Waals surface area contributed by atoms with Gasteiger partial charge in [-0.2, -0.15) is 0 Å². The van der Waals surface area contributed by atoms with Crippen molar-refractivity contribution >= 4 is 7.32 Å². The first-order valence-corrected chi connectivity index (χ1v) is 4.62. The maximum atomic E-state index is 7.17. The van der Waals surface area contributed by atoms with E-state index in [0.717, 1.165) is 0 Å². The maximum Gasteiger partial charge on any atom is 0.631 e. The molecule has 0 saturated heterocycles. The first-order chi connectivity index (χ1) is 7.73. The predicted octanol–water partition coefficient (Wildman–Crippen LogP) is 0.716. The van der Waals surface area contributed by atoms with Gasteiger partial charge in [-0.3, -0.25) is 4.98 Å². The van der Waals surface area contributed by atoms with Crippen LogP contribution in [0, 0.1) is 0 Å². The number of pyridine rings is 1. The van der Waals surface area contributed by atoms with Crippen LogP contribution in [0.2, 0.25) is 0 Å². The van der Waals surface area contributed by atoms with Crippen LogP contribution in [0.3, 0.4) is 0 Å². The molecule has 0 saturated carbocycles. The average molecular weight is 219 g/mol. The third-order valence-corrected chi connectivity index (χ3v) is 1.23. The van der Waals surface area contributed by atoms with E-state index in [0.29, 0.717) is 0 Å². The van der Waals surface area contributed by atoms with Gasteiger partial charge in [0, 0.05) is 12.4 Å². The first-order valence-electron chi connectivity index (χ1n) is 4.62. The maximum absolute atomic E-state index is 7.17. The van der Waals surface area contributed by atoms with E-state index in [-0.39, 0.29) is 0 Å². The Morgan fingerprint density at radius 2 is 0.812 bits per heavy atom. The van der Waals surface area contributed by atoms with Gasteiger partial charge in [-0.05, 0) is 12.1 Å². The van der Waals surface area contributed by atoms with Crippen LogP contribution < -0.4 is 0 Å². The summed E-state index contributed by atoms with van der Waals surface area (Å²) in [5.41, 5.74) is 0. The Hall–Kier alpha value is -1.69. The predicted molar refractivity (Wildman–Crippen MR) is 63.1 cm³/mol. The summed E-state index contributed by atoms with van der Waals surface area (Å²) in [6.45, 7) is 0. The van der Waals surface area contributed by atoms with Gasteiger partial charge in [0.2, 0.25) is 0 Å². The fraction of sp³-hybridized carbons (Fsp3) is 0. The number of hydrogen-bond acceptors (Lipinski definition) is 4. The topological polar surface area (TPSA) is 73.6 Å². The second-order valence-corrected chi connectivity index (χ2v) is 2.53.